The average molecular weight is 513 g/mol. The molecule has 0 bridgehead atoms. The van der Waals surface area contributed by atoms with Crippen molar-refractivity contribution >= 4 is 22.9 Å². The molecule has 0 saturated heterocycles. The fourth-order valence-electron chi connectivity index (χ4n) is 5.03. The lowest BCUT2D eigenvalue weighted by Crippen LogP contribution is -2.42. The summed E-state index contributed by atoms with van der Waals surface area (Å²) in [5.74, 6) is 2.88. The summed E-state index contributed by atoms with van der Waals surface area (Å²) in [5.41, 5.74) is 6.57. The van der Waals surface area contributed by atoms with E-state index in [1.165, 1.54) is 33.9 Å². The zero-order valence-corrected chi connectivity index (χ0v) is 24.2. The molecule has 1 heterocycles. The fraction of sp³-hybridized carbons (Fsp3) is 0.147. The van der Waals surface area contributed by atoms with E-state index < -0.39 is 9.52 Å². The molecule has 5 aromatic rings. The topological polar surface area (TPSA) is 17.8 Å². The van der Waals surface area contributed by atoms with Crippen LogP contribution in [0.3, 0.4) is 0 Å². The Morgan fingerprint density at radius 2 is 1.21 bits per heavy atom. The Bertz CT molecular complexity index is 1290. The predicted octanol–water partition coefficient (Wildman–Crippen LogP) is 6.58. The first-order valence-corrected chi connectivity index (χ1v) is 15.2. The Balaban J connectivity index is 0.000000194. The molecule has 0 aliphatic heterocycles. The molecule has 0 atom stereocenters. The maximum absolute atomic E-state index is 4.35. The van der Waals surface area contributed by atoms with Crippen molar-refractivity contribution in [1.82, 2.24) is 9.55 Å². The zero-order chi connectivity index (χ0) is 26.6. The van der Waals surface area contributed by atoms with Crippen LogP contribution in [0.5, 0.6) is 0 Å². The molecule has 0 fully saturated rings. The minimum atomic E-state index is -0.472. The van der Waals surface area contributed by atoms with E-state index >= 15 is 0 Å². The summed E-state index contributed by atoms with van der Waals surface area (Å²) in [6.45, 7) is 4.64. The number of imidazole rings is 1. The van der Waals surface area contributed by atoms with Crippen LogP contribution in [0.1, 0.15) is 36.1 Å². The first-order valence-electron chi connectivity index (χ1n) is 13.5. The smallest absolute Gasteiger partial charge is 0.130 e. The lowest BCUT2D eigenvalue weighted by Gasteiger charge is -2.37. The molecule has 0 unspecified atom stereocenters. The molecule has 0 amide bonds. The molecule has 4 aromatic carbocycles. The van der Waals surface area contributed by atoms with Gasteiger partial charge in [0.25, 0.3) is 0 Å². The van der Waals surface area contributed by atoms with Gasteiger partial charge in [0.1, 0.15) is 7.85 Å². The predicted molar refractivity (Wildman–Crippen MR) is 168 cm³/mol. The number of rotatable bonds is 8. The molecule has 0 saturated carbocycles. The highest BCUT2D eigenvalue weighted by atomic mass is 28.2. The Kier molecular flexibility index (Phi) is 9.72. The van der Waals surface area contributed by atoms with Crippen LogP contribution in [0.25, 0.3) is 5.57 Å². The number of nitrogens with zero attached hydrogens (tertiary/aromatic N) is 2. The van der Waals surface area contributed by atoms with Crippen molar-refractivity contribution in [2.24, 2.45) is 5.92 Å². The van der Waals surface area contributed by atoms with E-state index in [1.807, 2.05) is 24.7 Å². The summed E-state index contributed by atoms with van der Waals surface area (Å²) >= 11 is 0. The van der Waals surface area contributed by atoms with Gasteiger partial charge in [-0.15, -0.1) is 5.98 Å². The van der Waals surface area contributed by atoms with Crippen molar-refractivity contribution in [3.05, 3.63) is 168 Å². The minimum Gasteiger partial charge on any atom is -0.327 e. The van der Waals surface area contributed by atoms with E-state index in [-0.39, 0.29) is 5.16 Å². The normalized spacial score (nSPS) is 11.2. The lowest BCUT2D eigenvalue weighted by molar-refractivity contribution is 0.581. The summed E-state index contributed by atoms with van der Waals surface area (Å²) < 4.78 is 2.33. The van der Waals surface area contributed by atoms with Gasteiger partial charge in [0.2, 0.25) is 0 Å². The van der Waals surface area contributed by atoms with Crippen molar-refractivity contribution in [3.63, 3.8) is 0 Å². The summed E-state index contributed by atoms with van der Waals surface area (Å²) in [7, 11) is 1.61. The maximum Gasteiger partial charge on any atom is 0.130 e. The summed E-state index contributed by atoms with van der Waals surface area (Å²) in [6, 6.07) is 44.1. The third-order valence-electron chi connectivity index (χ3n) is 6.99. The van der Waals surface area contributed by atoms with Crippen molar-refractivity contribution in [1.29, 1.82) is 0 Å². The SMILES string of the molecule is BC=C(c1ccccc1)c1ccccc1.CC(C)C[SiH2]C(c1ccccc1)(c1ccccc1)n1ccnc1. The van der Waals surface area contributed by atoms with Crippen molar-refractivity contribution in [2.45, 2.75) is 25.1 Å². The van der Waals surface area contributed by atoms with Gasteiger partial charge in [-0.05, 0) is 33.7 Å². The molecule has 5 rings (SSSR count). The van der Waals surface area contributed by atoms with Crippen LogP contribution >= 0.6 is 0 Å². The molecular weight excluding hydrogens is 475 g/mol. The third kappa shape index (κ3) is 6.51. The van der Waals surface area contributed by atoms with Crippen LogP contribution in [-0.2, 0) is 5.16 Å². The number of aromatic nitrogens is 2. The number of benzene rings is 4. The average Bonchev–Trinajstić information content (AvgIpc) is 3.52. The molecule has 0 N–H and O–H groups in total. The Labute approximate surface area is 231 Å². The van der Waals surface area contributed by atoms with Crippen molar-refractivity contribution in [3.8, 4) is 0 Å². The Morgan fingerprint density at radius 1 is 0.763 bits per heavy atom. The minimum absolute atomic E-state index is 0.0662. The van der Waals surface area contributed by atoms with E-state index in [9.17, 15) is 0 Å². The van der Waals surface area contributed by atoms with Crippen LogP contribution in [-0.4, -0.2) is 26.9 Å². The van der Waals surface area contributed by atoms with Crippen LogP contribution in [0, 0.1) is 5.92 Å². The number of hydrogen-bond donors (Lipinski definition) is 0. The third-order valence-corrected chi connectivity index (χ3v) is 10.3. The van der Waals surface area contributed by atoms with E-state index in [4.69, 9.17) is 0 Å². The van der Waals surface area contributed by atoms with Gasteiger partial charge < -0.3 is 4.57 Å². The summed E-state index contributed by atoms with van der Waals surface area (Å²) in [6.07, 6.45) is 5.99. The summed E-state index contributed by atoms with van der Waals surface area (Å²) in [5, 5.41) is -0.0662. The molecular formula is C34H37BN2Si. The fourth-order valence-corrected chi connectivity index (χ4v) is 7.52. The van der Waals surface area contributed by atoms with Gasteiger partial charge in [-0.25, -0.2) is 4.98 Å². The Morgan fingerprint density at radius 3 is 1.58 bits per heavy atom. The highest BCUT2D eigenvalue weighted by Crippen LogP contribution is 2.34. The van der Waals surface area contributed by atoms with Gasteiger partial charge in [-0.3, -0.25) is 0 Å². The van der Waals surface area contributed by atoms with E-state index in [0.29, 0.717) is 0 Å². The highest BCUT2D eigenvalue weighted by Gasteiger charge is 2.35. The molecule has 4 heteroatoms. The van der Waals surface area contributed by atoms with Crippen LogP contribution in [0.2, 0.25) is 6.04 Å². The molecule has 0 spiro atoms. The Hall–Kier alpha value is -3.89. The van der Waals surface area contributed by atoms with Gasteiger partial charge >= 0.3 is 0 Å². The highest BCUT2D eigenvalue weighted by molar-refractivity contribution is 6.41. The standard InChI is InChI=1S/C20H24N2Si.C14H13B/c1-17(2)15-23-20(22-14-13-21-16-22,18-9-5-3-6-10-18)19-11-7-4-8-12-19;15-11-14(12-7-3-1-4-8-12)13-9-5-2-6-10-13/h3-14,16-17H,15,23H2,1-2H3;1-11H,15H2. The van der Waals surface area contributed by atoms with Gasteiger partial charge in [-0.2, -0.15) is 0 Å². The zero-order valence-electron chi connectivity index (χ0n) is 22.7. The first-order chi connectivity index (χ1) is 18.6. The van der Waals surface area contributed by atoms with Crippen LogP contribution in [0.4, 0.5) is 0 Å². The molecule has 1 aromatic heterocycles. The van der Waals surface area contributed by atoms with Crippen LogP contribution < -0.4 is 0 Å². The van der Waals surface area contributed by atoms with Gasteiger partial charge in [0.05, 0.1) is 21.0 Å². The second-order valence-electron chi connectivity index (χ2n) is 9.93. The maximum atomic E-state index is 4.35. The van der Waals surface area contributed by atoms with E-state index in [1.54, 1.807) is 0 Å². The lowest BCUT2D eigenvalue weighted by atomic mass is 9.92. The number of hydrogen-bond acceptors (Lipinski definition) is 1. The second kappa shape index (κ2) is 13.6. The molecule has 190 valence electrons. The van der Waals surface area contributed by atoms with Crippen molar-refractivity contribution in [2.75, 3.05) is 0 Å². The quantitative estimate of drug-likeness (QED) is 0.215. The van der Waals surface area contributed by atoms with Crippen molar-refractivity contribution < 1.29 is 0 Å². The van der Waals surface area contributed by atoms with Gasteiger partial charge in [0, 0.05) is 12.4 Å². The largest absolute Gasteiger partial charge is 0.327 e. The van der Waals surface area contributed by atoms with E-state index in [2.05, 4.69) is 153 Å². The van der Waals surface area contributed by atoms with E-state index in [0.717, 1.165) is 5.92 Å². The molecule has 0 radical (unpaired) electrons. The van der Waals surface area contributed by atoms with Gasteiger partial charge in [-0.1, -0.05) is 141 Å². The molecule has 38 heavy (non-hydrogen) atoms. The van der Waals surface area contributed by atoms with Gasteiger partial charge in [0.15, 0.2) is 0 Å². The first kappa shape index (κ1) is 27.2. The van der Waals surface area contributed by atoms with Crippen LogP contribution in [0.15, 0.2) is 146 Å². The molecule has 2 nitrogen and oxygen atoms in total. The molecule has 0 aliphatic rings. The monoisotopic (exact) mass is 512 g/mol. The summed E-state index contributed by atoms with van der Waals surface area (Å²) in [4.78, 5) is 4.35. The molecule has 0 aliphatic carbocycles. The second-order valence-corrected chi connectivity index (χ2v) is 12.0.